The predicted molar refractivity (Wildman–Crippen MR) is 119 cm³/mol. The van der Waals surface area contributed by atoms with Crippen molar-refractivity contribution in [2.45, 2.75) is 33.2 Å². The molecule has 0 saturated carbocycles. The number of carbonyl (C=O) groups is 1. The zero-order chi connectivity index (χ0) is 22.1. The van der Waals surface area contributed by atoms with Gasteiger partial charge in [-0.25, -0.2) is 0 Å². The van der Waals surface area contributed by atoms with Crippen LogP contribution in [0.5, 0.6) is 5.75 Å². The molecule has 0 N–H and O–H groups in total. The third kappa shape index (κ3) is 3.72. The number of hydrogen-bond donors (Lipinski definition) is 0. The number of rotatable bonds is 7. The molecular weight excluding hydrogens is 394 g/mol. The van der Waals surface area contributed by atoms with Crippen molar-refractivity contribution >= 4 is 16.9 Å². The van der Waals surface area contributed by atoms with Crippen molar-refractivity contribution in [1.29, 1.82) is 0 Å². The number of benzene rings is 2. The summed E-state index contributed by atoms with van der Waals surface area (Å²) in [5.41, 5.74) is 3.31. The predicted octanol–water partition coefficient (Wildman–Crippen LogP) is 4.39. The van der Waals surface area contributed by atoms with Crippen molar-refractivity contribution < 1.29 is 18.7 Å². The van der Waals surface area contributed by atoms with E-state index in [-0.39, 0.29) is 17.1 Å². The number of methoxy groups -OCH3 is 1. The molecule has 162 valence electrons. The van der Waals surface area contributed by atoms with E-state index in [4.69, 9.17) is 13.9 Å². The molecule has 0 saturated heterocycles. The van der Waals surface area contributed by atoms with Crippen LogP contribution in [0.3, 0.4) is 0 Å². The van der Waals surface area contributed by atoms with Crippen molar-refractivity contribution in [3.05, 3.63) is 74.6 Å². The zero-order valence-electron chi connectivity index (χ0n) is 18.4. The molecule has 0 fully saturated rings. The van der Waals surface area contributed by atoms with Gasteiger partial charge in [-0.3, -0.25) is 9.59 Å². The minimum absolute atomic E-state index is 0.116. The minimum Gasteiger partial charge on any atom is -0.494 e. The third-order valence-electron chi connectivity index (χ3n) is 5.58. The monoisotopic (exact) mass is 421 g/mol. The normalized spacial score (nSPS) is 15.5. The molecule has 0 spiro atoms. The summed E-state index contributed by atoms with van der Waals surface area (Å²) in [4.78, 5) is 28.6. The highest BCUT2D eigenvalue weighted by Gasteiger charge is 2.42. The number of carbonyl (C=O) groups excluding carboxylic acids is 1. The van der Waals surface area contributed by atoms with Gasteiger partial charge in [-0.1, -0.05) is 25.1 Å². The van der Waals surface area contributed by atoms with Crippen LogP contribution in [0.1, 0.15) is 52.2 Å². The summed E-state index contributed by atoms with van der Waals surface area (Å²) >= 11 is 0. The van der Waals surface area contributed by atoms with E-state index in [0.29, 0.717) is 42.0 Å². The van der Waals surface area contributed by atoms with Crippen LogP contribution in [-0.2, 0) is 4.74 Å². The van der Waals surface area contributed by atoms with E-state index < -0.39 is 6.04 Å². The summed E-state index contributed by atoms with van der Waals surface area (Å²) in [7, 11) is 1.59. The van der Waals surface area contributed by atoms with Gasteiger partial charge in [-0.15, -0.1) is 0 Å². The Bertz CT molecular complexity index is 1200. The van der Waals surface area contributed by atoms with Gasteiger partial charge in [0, 0.05) is 13.7 Å². The molecule has 3 aromatic rings. The summed E-state index contributed by atoms with van der Waals surface area (Å²) in [6.07, 6.45) is 0.892. The molecule has 1 aliphatic heterocycles. The van der Waals surface area contributed by atoms with E-state index in [9.17, 15) is 9.59 Å². The topological polar surface area (TPSA) is 69.0 Å². The second-order valence-electron chi connectivity index (χ2n) is 7.95. The Morgan fingerprint density at radius 3 is 2.65 bits per heavy atom. The summed E-state index contributed by atoms with van der Waals surface area (Å²) in [6.45, 7) is 7.18. The molecule has 2 heterocycles. The Balaban J connectivity index is 1.93. The van der Waals surface area contributed by atoms with Crippen LogP contribution in [0, 0.1) is 13.8 Å². The Morgan fingerprint density at radius 1 is 1.10 bits per heavy atom. The van der Waals surface area contributed by atoms with Crippen LogP contribution in [0.15, 0.2) is 45.6 Å². The fourth-order valence-corrected chi connectivity index (χ4v) is 4.24. The molecule has 1 amide bonds. The lowest BCUT2D eigenvalue weighted by atomic mass is 9.97. The van der Waals surface area contributed by atoms with Gasteiger partial charge >= 0.3 is 0 Å². The molecule has 31 heavy (non-hydrogen) atoms. The molecule has 1 unspecified atom stereocenters. The molecule has 4 rings (SSSR count). The Labute approximate surface area is 181 Å². The molecule has 1 aromatic heterocycles. The van der Waals surface area contributed by atoms with E-state index in [0.717, 1.165) is 23.1 Å². The van der Waals surface area contributed by atoms with Crippen LogP contribution in [0.25, 0.3) is 11.0 Å². The van der Waals surface area contributed by atoms with Crippen molar-refractivity contribution in [2.75, 3.05) is 26.9 Å². The van der Waals surface area contributed by atoms with Gasteiger partial charge in [-0.05, 0) is 55.2 Å². The summed E-state index contributed by atoms with van der Waals surface area (Å²) in [5.74, 6) is 0.533. The van der Waals surface area contributed by atoms with E-state index >= 15 is 0 Å². The lowest BCUT2D eigenvalue weighted by molar-refractivity contribution is 0.0663. The van der Waals surface area contributed by atoms with E-state index in [1.807, 2.05) is 57.2 Å². The SMILES string of the molecule is CCCOc1cccc(C2c3c(oc4c(C)cc(C)cc4c3=O)C(=O)N2CCOC)c1. The lowest BCUT2D eigenvalue weighted by Crippen LogP contribution is -2.32. The average molecular weight is 421 g/mol. The Hall–Kier alpha value is -3.12. The lowest BCUT2D eigenvalue weighted by Gasteiger charge is -2.25. The first-order chi connectivity index (χ1) is 15.0. The van der Waals surface area contributed by atoms with Gasteiger partial charge in [0.1, 0.15) is 11.3 Å². The van der Waals surface area contributed by atoms with Crippen LogP contribution in [-0.4, -0.2) is 37.7 Å². The first kappa shape index (κ1) is 21.1. The van der Waals surface area contributed by atoms with E-state index in [1.165, 1.54) is 0 Å². The van der Waals surface area contributed by atoms with Crippen molar-refractivity contribution in [1.82, 2.24) is 4.90 Å². The molecule has 1 aliphatic rings. The minimum atomic E-state index is -0.552. The molecule has 6 heteroatoms. The van der Waals surface area contributed by atoms with Gasteiger partial charge < -0.3 is 18.8 Å². The maximum Gasteiger partial charge on any atom is 0.290 e. The highest BCUT2D eigenvalue weighted by Crippen LogP contribution is 2.39. The molecule has 2 aromatic carbocycles. The smallest absolute Gasteiger partial charge is 0.290 e. The first-order valence-electron chi connectivity index (χ1n) is 10.6. The number of amides is 1. The van der Waals surface area contributed by atoms with Crippen LogP contribution < -0.4 is 10.2 Å². The van der Waals surface area contributed by atoms with Crippen LogP contribution >= 0.6 is 0 Å². The second-order valence-corrected chi connectivity index (χ2v) is 7.95. The highest BCUT2D eigenvalue weighted by atomic mass is 16.5. The van der Waals surface area contributed by atoms with E-state index in [1.54, 1.807) is 12.0 Å². The van der Waals surface area contributed by atoms with Crippen molar-refractivity contribution in [3.63, 3.8) is 0 Å². The summed E-state index contributed by atoms with van der Waals surface area (Å²) < 4.78 is 17.1. The number of hydrogen-bond acceptors (Lipinski definition) is 5. The molecule has 0 radical (unpaired) electrons. The first-order valence-corrected chi connectivity index (χ1v) is 10.6. The van der Waals surface area contributed by atoms with E-state index in [2.05, 4.69) is 0 Å². The molecular formula is C25H27NO5. The summed E-state index contributed by atoms with van der Waals surface area (Å²) in [5, 5.41) is 0.501. The number of ether oxygens (including phenoxy) is 2. The fraction of sp³-hybridized carbons (Fsp3) is 0.360. The zero-order valence-corrected chi connectivity index (χ0v) is 18.4. The van der Waals surface area contributed by atoms with Gasteiger partial charge in [0.2, 0.25) is 5.76 Å². The van der Waals surface area contributed by atoms with Gasteiger partial charge in [0.05, 0.1) is 30.2 Å². The average Bonchev–Trinajstić information content (AvgIpc) is 3.04. The second kappa shape index (κ2) is 8.55. The number of fused-ring (bicyclic) bond motifs is 2. The van der Waals surface area contributed by atoms with Crippen LogP contribution in [0.4, 0.5) is 0 Å². The largest absolute Gasteiger partial charge is 0.494 e. The fourth-order valence-electron chi connectivity index (χ4n) is 4.24. The van der Waals surface area contributed by atoms with Gasteiger partial charge in [0.15, 0.2) is 5.43 Å². The standard InChI is InChI=1S/C25H27NO5/c1-5-10-30-18-8-6-7-17(14-18)21-20-22(27)19-13-15(2)12-16(3)23(19)31-24(20)25(28)26(21)9-11-29-4/h6-8,12-14,21H,5,9-11H2,1-4H3. The molecule has 1 atom stereocenters. The number of nitrogens with zero attached hydrogens (tertiary/aromatic N) is 1. The maximum atomic E-state index is 13.6. The molecule has 6 nitrogen and oxygen atoms in total. The Morgan fingerprint density at radius 2 is 1.90 bits per heavy atom. The quantitative estimate of drug-likeness (QED) is 0.566. The highest BCUT2D eigenvalue weighted by molar-refractivity contribution is 5.99. The number of aryl methyl sites for hydroxylation is 2. The molecule has 0 aliphatic carbocycles. The summed E-state index contributed by atoms with van der Waals surface area (Å²) in [6, 6.07) is 10.8. The third-order valence-corrected chi connectivity index (χ3v) is 5.58. The van der Waals surface area contributed by atoms with Crippen LogP contribution in [0.2, 0.25) is 0 Å². The maximum absolute atomic E-state index is 13.6. The Kier molecular flexibility index (Phi) is 5.83. The molecule has 0 bridgehead atoms. The van der Waals surface area contributed by atoms with Gasteiger partial charge in [0.25, 0.3) is 5.91 Å². The van der Waals surface area contributed by atoms with Crippen molar-refractivity contribution in [3.8, 4) is 5.75 Å². The van der Waals surface area contributed by atoms with Gasteiger partial charge in [-0.2, -0.15) is 0 Å². The van der Waals surface area contributed by atoms with Crippen molar-refractivity contribution in [2.24, 2.45) is 0 Å².